The Labute approximate surface area is 229 Å². The van der Waals surface area contributed by atoms with Crippen molar-refractivity contribution in [3.05, 3.63) is 57.1 Å². The summed E-state index contributed by atoms with van der Waals surface area (Å²) in [5.74, 6) is -1.93. The third-order valence-electron chi connectivity index (χ3n) is 6.38. The Balaban J connectivity index is 1.79. The molecule has 2 amide bonds. The van der Waals surface area contributed by atoms with Gasteiger partial charge < -0.3 is 15.5 Å². The van der Waals surface area contributed by atoms with Crippen LogP contribution >= 0.6 is 15.9 Å². The highest BCUT2D eigenvalue weighted by molar-refractivity contribution is 9.11. The molecule has 0 fully saturated rings. The van der Waals surface area contributed by atoms with Gasteiger partial charge in [-0.2, -0.15) is 39.5 Å². The molecule has 3 rings (SSSR count). The minimum Gasteiger partial charge on any atom is -0.374 e. The maximum Gasteiger partial charge on any atom is 0.435 e. The van der Waals surface area contributed by atoms with Crippen LogP contribution in [0.15, 0.2) is 45.6 Å². The first-order valence-electron chi connectivity index (χ1n) is 11.4. The molecule has 0 bridgehead atoms. The van der Waals surface area contributed by atoms with Crippen LogP contribution in [-0.2, 0) is 9.63 Å². The molecule has 1 aliphatic carbocycles. The van der Waals surface area contributed by atoms with Gasteiger partial charge in [-0.15, -0.1) is 0 Å². The number of alkyl halides is 9. The summed E-state index contributed by atoms with van der Waals surface area (Å²) in [6, 6.07) is 3.72. The Morgan fingerprint density at radius 1 is 1.02 bits per heavy atom. The Kier molecular flexibility index (Phi) is 8.46. The van der Waals surface area contributed by atoms with Gasteiger partial charge in [-0.3, -0.25) is 9.59 Å². The number of benzene rings is 1. The Bertz CT molecular complexity index is 1280. The molecule has 6 nitrogen and oxygen atoms in total. The van der Waals surface area contributed by atoms with Crippen molar-refractivity contribution in [2.24, 2.45) is 10.6 Å². The van der Waals surface area contributed by atoms with Crippen molar-refractivity contribution in [1.29, 1.82) is 0 Å². The molecule has 2 N–H and O–H groups in total. The van der Waals surface area contributed by atoms with Crippen molar-refractivity contribution in [3.63, 3.8) is 0 Å². The van der Waals surface area contributed by atoms with E-state index in [0.29, 0.717) is 0 Å². The van der Waals surface area contributed by atoms with E-state index >= 15 is 0 Å². The van der Waals surface area contributed by atoms with E-state index in [2.05, 4.69) is 26.4 Å². The second kappa shape index (κ2) is 10.7. The number of allylic oxidation sites excluding steroid dienone is 3. The zero-order valence-corrected chi connectivity index (χ0v) is 22.3. The van der Waals surface area contributed by atoms with Crippen LogP contribution in [0, 0.1) is 12.3 Å². The molecule has 220 valence electrons. The molecule has 2 aliphatic rings. The molecule has 1 heterocycles. The van der Waals surface area contributed by atoms with Crippen LogP contribution in [0.25, 0.3) is 0 Å². The zero-order chi connectivity index (χ0) is 30.3. The van der Waals surface area contributed by atoms with E-state index in [9.17, 15) is 49.1 Å². The molecule has 2 unspecified atom stereocenters. The predicted molar refractivity (Wildman–Crippen MR) is 127 cm³/mol. The summed E-state index contributed by atoms with van der Waals surface area (Å²) in [7, 11) is 0. The average molecular weight is 650 g/mol. The van der Waals surface area contributed by atoms with Crippen LogP contribution < -0.4 is 10.6 Å². The molecule has 40 heavy (non-hydrogen) atoms. The minimum atomic E-state index is -5.15. The molecule has 0 saturated carbocycles. The smallest absolute Gasteiger partial charge is 0.374 e. The summed E-state index contributed by atoms with van der Waals surface area (Å²) in [5.41, 5.74) is -6.41. The first-order chi connectivity index (χ1) is 18.2. The molecule has 16 heteroatoms. The van der Waals surface area contributed by atoms with Gasteiger partial charge in [-0.05, 0) is 55.2 Å². The summed E-state index contributed by atoms with van der Waals surface area (Å²) in [4.78, 5) is 28.8. The highest BCUT2D eigenvalue weighted by atomic mass is 79.9. The average Bonchev–Trinajstić information content (AvgIpc) is 3.26. The van der Waals surface area contributed by atoms with Gasteiger partial charge in [0.15, 0.2) is 0 Å². The number of carbonyl (C=O) groups is 2. The fraction of sp³-hybridized carbons (Fsp3) is 0.458. The number of hydrogen-bond acceptors (Lipinski definition) is 4. The number of halogens is 10. The van der Waals surface area contributed by atoms with E-state index in [0.717, 1.165) is 19.1 Å². The minimum absolute atomic E-state index is 0.0287. The summed E-state index contributed by atoms with van der Waals surface area (Å²) in [5, 5.41) is 7.26. The van der Waals surface area contributed by atoms with Gasteiger partial charge in [-0.25, -0.2) is 0 Å². The number of rotatable bonds is 6. The molecule has 0 aromatic heterocycles. The monoisotopic (exact) mass is 649 g/mol. The van der Waals surface area contributed by atoms with Gasteiger partial charge >= 0.3 is 18.5 Å². The third-order valence-corrected chi connectivity index (χ3v) is 6.84. The lowest BCUT2D eigenvalue weighted by Gasteiger charge is -2.39. The van der Waals surface area contributed by atoms with Crippen LogP contribution in [0.3, 0.4) is 0 Å². The molecule has 2 atom stereocenters. The molecule has 1 aromatic carbocycles. The molecule has 0 saturated heterocycles. The molecular weight excluding hydrogens is 629 g/mol. The van der Waals surface area contributed by atoms with E-state index in [1.165, 1.54) is 25.1 Å². The van der Waals surface area contributed by atoms with E-state index in [4.69, 9.17) is 4.84 Å². The number of nitrogens with one attached hydrogen (secondary N) is 2. The van der Waals surface area contributed by atoms with Gasteiger partial charge in [-0.1, -0.05) is 33.2 Å². The lowest BCUT2D eigenvalue weighted by Crippen LogP contribution is -2.50. The largest absolute Gasteiger partial charge is 0.435 e. The standard InChI is InChI=1S/C24H21BrF9N3O3/c1-12-5-13(3-4-16(12)19(39)35-10-18(38)36-11-22(26,27)28)17-9-21(40-37-17,24(32,33)34)14-6-15(25)8-20(2,7-14)23(29,30)31/h3-6,8H,7,9-11H2,1-2H3,(H,35,39)(H,36,38). The molecule has 1 aliphatic heterocycles. The Morgan fingerprint density at radius 2 is 1.68 bits per heavy atom. The highest BCUT2D eigenvalue weighted by Crippen LogP contribution is 2.55. The number of oxime groups is 1. The zero-order valence-electron chi connectivity index (χ0n) is 20.7. The van der Waals surface area contributed by atoms with Crippen molar-refractivity contribution in [2.75, 3.05) is 13.1 Å². The van der Waals surface area contributed by atoms with Gasteiger partial charge in [0.1, 0.15) is 6.54 Å². The van der Waals surface area contributed by atoms with Gasteiger partial charge in [0.2, 0.25) is 5.91 Å². The van der Waals surface area contributed by atoms with Crippen LogP contribution in [0.1, 0.15) is 41.3 Å². The number of hydrogen-bond donors (Lipinski definition) is 2. The fourth-order valence-corrected chi connectivity index (χ4v) is 4.94. The fourth-order valence-electron chi connectivity index (χ4n) is 4.16. The number of amides is 2. The quantitative estimate of drug-likeness (QED) is 0.371. The summed E-state index contributed by atoms with van der Waals surface area (Å²) in [6.45, 7) is -0.162. The first-order valence-corrected chi connectivity index (χ1v) is 12.2. The molecule has 0 radical (unpaired) electrons. The van der Waals surface area contributed by atoms with Crippen molar-refractivity contribution in [3.8, 4) is 0 Å². The molecular formula is C24H21BrF9N3O3. The predicted octanol–water partition coefficient (Wildman–Crippen LogP) is 6.01. The summed E-state index contributed by atoms with van der Waals surface area (Å²) >= 11 is 2.88. The lowest BCUT2D eigenvalue weighted by atomic mass is 9.72. The lowest BCUT2D eigenvalue weighted by molar-refractivity contribution is -0.258. The number of nitrogens with zero attached hydrogens (tertiary/aromatic N) is 1. The maximum atomic E-state index is 14.4. The second-order valence-electron chi connectivity index (χ2n) is 9.53. The Morgan fingerprint density at radius 3 is 2.23 bits per heavy atom. The van der Waals surface area contributed by atoms with Gasteiger partial charge in [0.25, 0.3) is 11.5 Å². The van der Waals surface area contributed by atoms with Crippen molar-refractivity contribution in [2.45, 2.75) is 50.8 Å². The van der Waals surface area contributed by atoms with Crippen molar-refractivity contribution >= 4 is 33.5 Å². The summed E-state index contributed by atoms with van der Waals surface area (Å²) < 4.78 is 121. The van der Waals surface area contributed by atoms with Crippen LogP contribution in [-0.4, -0.2) is 54.7 Å². The van der Waals surface area contributed by atoms with Crippen LogP contribution in [0.5, 0.6) is 0 Å². The first kappa shape index (κ1) is 31.5. The second-order valence-corrected chi connectivity index (χ2v) is 10.4. The highest BCUT2D eigenvalue weighted by Gasteiger charge is 2.65. The van der Waals surface area contributed by atoms with E-state index in [1.54, 1.807) is 5.32 Å². The van der Waals surface area contributed by atoms with Crippen molar-refractivity contribution in [1.82, 2.24) is 10.6 Å². The summed E-state index contributed by atoms with van der Waals surface area (Å²) in [6.07, 6.45) is -14.9. The van der Waals surface area contributed by atoms with E-state index in [-0.39, 0.29) is 26.9 Å². The number of carbonyl (C=O) groups excluding carboxylic acids is 2. The van der Waals surface area contributed by atoms with Crippen molar-refractivity contribution < 1.29 is 53.9 Å². The SMILES string of the molecule is Cc1cc(C2=NOC(C3=CC(Br)=CC(C)(C(F)(F)F)C3)(C(F)(F)F)C2)ccc1C(=O)NCC(=O)NCC(F)(F)F. The van der Waals surface area contributed by atoms with Crippen LogP contribution in [0.2, 0.25) is 0 Å². The molecule has 0 spiro atoms. The van der Waals surface area contributed by atoms with E-state index in [1.807, 2.05) is 0 Å². The van der Waals surface area contributed by atoms with Gasteiger partial charge in [0, 0.05) is 16.5 Å². The topological polar surface area (TPSA) is 79.8 Å². The van der Waals surface area contributed by atoms with E-state index < -0.39 is 72.9 Å². The van der Waals surface area contributed by atoms with Crippen LogP contribution in [0.4, 0.5) is 39.5 Å². The Hall–Kier alpha value is -3.04. The molecule has 1 aromatic rings. The number of aryl methyl sites for hydroxylation is 1. The maximum absolute atomic E-state index is 14.4. The normalized spacial score (nSPS) is 23.6. The van der Waals surface area contributed by atoms with Gasteiger partial charge in [0.05, 0.1) is 17.7 Å². The third kappa shape index (κ3) is 6.63.